The molecule has 6 atom stereocenters. The Labute approximate surface area is 200 Å². The third-order valence-electron chi connectivity index (χ3n) is 4.12. The van der Waals surface area contributed by atoms with Gasteiger partial charge < -0.3 is 59.1 Å². The molecule has 18 heteroatoms. The molecule has 0 radical (unpaired) electrons. The topological polar surface area (TPSA) is 279 Å². The number of carbonyl (C=O) groups is 6. The summed E-state index contributed by atoms with van der Waals surface area (Å²) in [7, 11) is 0. The van der Waals surface area contributed by atoms with Crippen LogP contribution in [-0.4, -0.2) is 143 Å². The third kappa shape index (κ3) is 8.36. The minimum atomic E-state index is -2.18. The Morgan fingerprint density at radius 1 is 0.333 bits per heavy atom. The van der Waals surface area contributed by atoms with Gasteiger partial charge in [-0.1, -0.05) is 0 Å². The number of carbonyl (C=O) groups excluding carboxylic acids is 6. The van der Waals surface area contributed by atoms with Crippen molar-refractivity contribution in [1.82, 2.24) is 0 Å². The molecule has 0 aromatic carbocycles. The summed E-state index contributed by atoms with van der Waals surface area (Å²) in [6, 6.07) is 0. The maximum Gasteiger partial charge on any atom is 0.350 e. The molecule has 18 nitrogen and oxygen atoms in total. The van der Waals surface area contributed by atoms with E-state index >= 15 is 0 Å². The van der Waals surface area contributed by atoms with E-state index in [-0.39, 0.29) is 0 Å². The summed E-state index contributed by atoms with van der Waals surface area (Å²) < 4.78 is 27.4. The van der Waals surface area contributed by atoms with Crippen molar-refractivity contribution in [3.05, 3.63) is 0 Å². The maximum atomic E-state index is 12.2. The summed E-state index contributed by atoms with van der Waals surface area (Å²) in [6.07, 6.45) is -13.1. The van der Waals surface area contributed by atoms with Gasteiger partial charge in [0.05, 0.1) is 39.6 Å². The van der Waals surface area contributed by atoms with Gasteiger partial charge in [-0.15, -0.1) is 0 Å². The molecule has 1 fully saturated rings. The highest BCUT2D eigenvalue weighted by molar-refractivity contribution is 5.88. The van der Waals surface area contributed by atoms with Crippen LogP contribution in [0.15, 0.2) is 0 Å². The standard InChI is InChI=1S/C18H24O18/c19-1-7-13(25)32-9(3-21)15(27)34-11(5-23)17(29)36-12(6-24)18(30)35-10(4-22)16(28)33-8(2-20)14(26)31-7/h7-12,19-24H,1-6H2. The Morgan fingerprint density at radius 2 is 0.444 bits per heavy atom. The highest BCUT2D eigenvalue weighted by Gasteiger charge is 2.39. The van der Waals surface area contributed by atoms with E-state index in [1.807, 2.05) is 0 Å². The molecule has 6 N–H and O–H groups in total. The molecule has 0 spiro atoms. The molecule has 1 aliphatic heterocycles. The van der Waals surface area contributed by atoms with E-state index in [1.165, 1.54) is 0 Å². The first kappa shape index (κ1) is 30.6. The Kier molecular flexibility index (Phi) is 12.6. The molecule has 0 aromatic heterocycles. The summed E-state index contributed by atoms with van der Waals surface area (Å²) in [5.41, 5.74) is 0. The van der Waals surface area contributed by atoms with Crippen LogP contribution in [0.3, 0.4) is 0 Å². The molecule has 1 rings (SSSR count). The second-order valence-corrected chi connectivity index (χ2v) is 6.65. The zero-order chi connectivity index (χ0) is 27.4. The van der Waals surface area contributed by atoms with Gasteiger partial charge in [-0.25, -0.2) is 28.8 Å². The van der Waals surface area contributed by atoms with Crippen LogP contribution in [0.4, 0.5) is 0 Å². The van der Waals surface area contributed by atoms with Crippen molar-refractivity contribution in [1.29, 1.82) is 0 Å². The first-order chi connectivity index (χ1) is 17.1. The first-order valence-corrected chi connectivity index (χ1v) is 9.94. The van der Waals surface area contributed by atoms with Gasteiger partial charge in [-0.3, -0.25) is 0 Å². The fraction of sp³-hybridized carbons (Fsp3) is 0.667. The smallest absolute Gasteiger partial charge is 0.350 e. The molecule has 0 bridgehead atoms. The third-order valence-corrected chi connectivity index (χ3v) is 4.12. The van der Waals surface area contributed by atoms with Crippen molar-refractivity contribution in [2.75, 3.05) is 39.6 Å². The molecular formula is C18H24O18. The molecule has 6 unspecified atom stereocenters. The van der Waals surface area contributed by atoms with Gasteiger partial charge in [-0.2, -0.15) is 0 Å². The van der Waals surface area contributed by atoms with Gasteiger partial charge in [0.1, 0.15) is 0 Å². The molecule has 1 heterocycles. The Bertz CT molecular complexity index is 639. The van der Waals surface area contributed by atoms with E-state index in [0.717, 1.165) is 0 Å². The second kappa shape index (κ2) is 14.9. The van der Waals surface area contributed by atoms with Gasteiger partial charge in [0, 0.05) is 0 Å². The number of aliphatic hydroxyl groups excluding tert-OH is 6. The fourth-order valence-electron chi connectivity index (χ4n) is 2.26. The van der Waals surface area contributed by atoms with Crippen molar-refractivity contribution in [3.8, 4) is 0 Å². The van der Waals surface area contributed by atoms with Crippen LogP contribution in [-0.2, 0) is 57.2 Å². The zero-order valence-electron chi connectivity index (χ0n) is 18.3. The normalized spacial score (nSPS) is 29.5. The van der Waals surface area contributed by atoms with E-state index in [9.17, 15) is 59.4 Å². The predicted octanol–water partition coefficient (Wildman–Crippen LogP) is -6.58. The van der Waals surface area contributed by atoms with Crippen molar-refractivity contribution in [2.45, 2.75) is 36.6 Å². The number of esters is 6. The maximum absolute atomic E-state index is 12.2. The number of rotatable bonds is 6. The molecule has 0 amide bonds. The SMILES string of the molecule is O=C1OC(CO)C(=O)OC(CO)C(=O)OC(CO)C(=O)OC(CO)C(=O)OC(CO)C(=O)OC1CO. The number of ether oxygens (including phenoxy) is 6. The molecule has 204 valence electrons. The lowest BCUT2D eigenvalue weighted by molar-refractivity contribution is -0.200. The molecule has 36 heavy (non-hydrogen) atoms. The van der Waals surface area contributed by atoms with Crippen molar-refractivity contribution in [3.63, 3.8) is 0 Å². The summed E-state index contributed by atoms with van der Waals surface area (Å²) in [4.78, 5) is 73.1. The highest BCUT2D eigenvalue weighted by atomic mass is 16.7. The van der Waals surface area contributed by atoms with E-state index in [0.29, 0.717) is 0 Å². The Morgan fingerprint density at radius 3 is 0.528 bits per heavy atom. The van der Waals surface area contributed by atoms with Gasteiger partial charge >= 0.3 is 35.8 Å². The van der Waals surface area contributed by atoms with Gasteiger partial charge in [0.15, 0.2) is 0 Å². The fourth-order valence-corrected chi connectivity index (χ4v) is 2.26. The zero-order valence-corrected chi connectivity index (χ0v) is 18.3. The van der Waals surface area contributed by atoms with E-state index in [4.69, 9.17) is 0 Å². The quantitative estimate of drug-likeness (QED) is 0.138. The highest BCUT2D eigenvalue weighted by Crippen LogP contribution is 2.11. The van der Waals surface area contributed by atoms with Crippen molar-refractivity contribution >= 4 is 35.8 Å². The van der Waals surface area contributed by atoms with Crippen LogP contribution < -0.4 is 0 Å². The number of hydrogen-bond acceptors (Lipinski definition) is 18. The molecule has 1 aliphatic rings. The van der Waals surface area contributed by atoms with E-state index in [1.54, 1.807) is 0 Å². The van der Waals surface area contributed by atoms with E-state index in [2.05, 4.69) is 28.4 Å². The minimum Gasteiger partial charge on any atom is -0.445 e. The lowest BCUT2D eigenvalue weighted by Gasteiger charge is -2.24. The summed E-state index contributed by atoms with van der Waals surface area (Å²) >= 11 is 0. The van der Waals surface area contributed by atoms with Crippen LogP contribution in [0, 0.1) is 0 Å². The number of aliphatic hydroxyl groups is 6. The molecule has 0 aromatic rings. The monoisotopic (exact) mass is 528 g/mol. The molecule has 0 saturated carbocycles. The predicted molar refractivity (Wildman–Crippen MR) is 102 cm³/mol. The second-order valence-electron chi connectivity index (χ2n) is 6.65. The van der Waals surface area contributed by atoms with Gasteiger partial charge in [0.2, 0.25) is 36.6 Å². The summed E-state index contributed by atoms with van der Waals surface area (Å²) in [5, 5.41) is 55.9. The molecule has 1 saturated heterocycles. The Hall–Kier alpha value is -3.42. The van der Waals surface area contributed by atoms with Crippen LogP contribution in [0.2, 0.25) is 0 Å². The first-order valence-electron chi connectivity index (χ1n) is 9.94. The van der Waals surface area contributed by atoms with E-state index < -0.39 is 112 Å². The van der Waals surface area contributed by atoms with Gasteiger partial charge in [0.25, 0.3) is 0 Å². The molecular weight excluding hydrogens is 504 g/mol. The average molecular weight is 528 g/mol. The van der Waals surface area contributed by atoms with Crippen LogP contribution in [0.25, 0.3) is 0 Å². The van der Waals surface area contributed by atoms with Crippen molar-refractivity contribution < 1.29 is 87.8 Å². The minimum absolute atomic E-state index is 1.26. The summed E-state index contributed by atoms with van der Waals surface area (Å²) in [5.74, 6) is -9.77. The van der Waals surface area contributed by atoms with Crippen LogP contribution in [0.1, 0.15) is 0 Å². The average Bonchev–Trinajstić information content (AvgIpc) is 2.87. The van der Waals surface area contributed by atoms with Gasteiger partial charge in [-0.05, 0) is 0 Å². The number of hydrogen-bond donors (Lipinski definition) is 6. The van der Waals surface area contributed by atoms with Crippen LogP contribution >= 0.6 is 0 Å². The Balaban J connectivity index is 3.35. The number of cyclic esters (lactones) is 6. The van der Waals surface area contributed by atoms with Crippen molar-refractivity contribution in [2.24, 2.45) is 0 Å². The summed E-state index contributed by atoms with van der Waals surface area (Å²) in [6.45, 7) is -7.53. The molecule has 0 aliphatic carbocycles. The largest absolute Gasteiger partial charge is 0.445 e. The lowest BCUT2D eigenvalue weighted by Crippen LogP contribution is -2.47. The lowest BCUT2D eigenvalue weighted by atomic mass is 10.3. The van der Waals surface area contributed by atoms with Crippen LogP contribution in [0.5, 0.6) is 0 Å².